The summed E-state index contributed by atoms with van der Waals surface area (Å²) in [5, 5.41) is 0. The lowest BCUT2D eigenvalue weighted by molar-refractivity contribution is -0.123. The molecule has 2 heterocycles. The molecule has 7 heteroatoms. The number of carbonyl (C=O) groups excluding carboxylic acids is 1. The van der Waals surface area contributed by atoms with Gasteiger partial charge in [0.05, 0.1) is 16.8 Å². The summed E-state index contributed by atoms with van der Waals surface area (Å²) < 4.78 is 27.6. The molecule has 1 saturated heterocycles. The molecule has 6 nitrogen and oxygen atoms in total. The van der Waals surface area contributed by atoms with Crippen molar-refractivity contribution in [2.24, 2.45) is 5.92 Å². The monoisotopic (exact) mass is 429 g/mol. The van der Waals surface area contributed by atoms with Crippen LogP contribution in [0.5, 0.6) is 0 Å². The van der Waals surface area contributed by atoms with Crippen LogP contribution in [0.25, 0.3) is 0 Å². The van der Waals surface area contributed by atoms with Crippen LogP contribution in [-0.4, -0.2) is 42.7 Å². The van der Waals surface area contributed by atoms with E-state index in [-0.39, 0.29) is 17.9 Å². The summed E-state index contributed by atoms with van der Waals surface area (Å²) in [5.41, 5.74) is 1.89. The van der Waals surface area contributed by atoms with E-state index in [1.54, 1.807) is 29.4 Å². The lowest BCUT2D eigenvalue weighted by atomic mass is 9.95. The first-order valence-corrected chi connectivity index (χ1v) is 12.0. The number of carbonyl (C=O) groups is 1. The maximum absolute atomic E-state index is 13.2. The summed E-state index contributed by atoms with van der Waals surface area (Å²) in [5.74, 6) is 0.200. The zero-order valence-corrected chi connectivity index (χ0v) is 19.0. The van der Waals surface area contributed by atoms with Gasteiger partial charge in [-0.05, 0) is 62.4 Å². The molecule has 3 rings (SSSR count). The standard InChI is InChI=1S/C23H31N3O3S/c1-17(2)19-7-9-22(10-8-19)30(28,29)25-14-11-20(12-15-25)23(27)26(18(3)4)21-6-5-13-24-16-21/h5-10,13,16-18,20H,11-12,14-15H2,1-4H3. The number of aromatic nitrogens is 1. The first-order chi connectivity index (χ1) is 14.2. The van der Waals surface area contributed by atoms with Crippen LogP contribution in [0, 0.1) is 5.92 Å². The normalized spacial score (nSPS) is 16.2. The molecule has 0 radical (unpaired) electrons. The van der Waals surface area contributed by atoms with Gasteiger partial charge in [0.1, 0.15) is 0 Å². The Morgan fingerprint density at radius 2 is 1.70 bits per heavy atom. The fourth-order valence-corrected chi connectivity index (χ4v) is 5.36. The zero-order valence-electron chi connectivity index (χ0n) is 18.2. The summed E-state index contributed by atoms with van der Waals surface area (Å²) in [6, 6.07) is 10.8. The summed E-state index contributed by atoms with van der Waals surface area (Å²) >= 11 is 0. The second kappa shape index (κ2) is 9.27. The molecule has 1 aliphatic rings. The highest BCUT2D eigenvalue weighted by atomic mass is 32.2. The van der Waals surface area contributed by atoms with E-state index in [0.29, 0.717) is 36.7 Å². The molecule has 0 atom stereocenters. The van der Waals surface area contributed by atoms with E-state index in [2.05, 4.69) is 18.8 Å². The lowest BCUT2D eigenvalue weighted by Crippen LogP contribution is -2.46. The molecule has 1 aromatic carbocycles. The fraction of sp³-hybridized carbons (Fsp3) is 0.478. The van der Waals surface area contributed by atoms with E-state index in [9.17, 15) is 13.2 Å². The van der Waals surface area contributed by atoms with Crippen LogP contribution in [0.4, 0.5) is 5.69 Å². The van der Waals surface area contributed by atoms with Gasteiger partial charge in [-0.25, -0.2) is 8.42 Å². The molecular formula is C23H31N3O3S. The van der Waals surface area contributed by atoms with Gasteiger partial charge in [-0.2, -0.15) is 4.31 Å². The van der Waals surface area contributed by atoms with Gasteiger partial charge in [-0.1, -0.05) is 26.0 Å². The Hall–Kier alpha value is -2.25. The molecule has 1 aliphatic heterocycles. The van der Waals surface area contributed by atoms with Gasteiger partial charge in [0.15, 0.2) is 0 Å². The van der Waals surface area contributed by atoms with E-state index in [0.717, 1.165) is 11.3 Å². The third-order valence-electron chi connectivity index (χ3n) is 5.67. The lowest BCUT2D eigenvalue weighted by Gasteiger charge is -2.35. The van der Waals surface area contributed by atoms with Crippen LogP contribution in [0.3, 0.4) is 0 Å². The largest absolute Gasteiger partial charge is 0.308 e. The van der Waals surface area contributed by atoms with Crippen LogP contribution < -0.4 is 4.90 Å². The number of pyridine rings is 1. The van der Waals surface area contributed by atoms with Gasteiger partial charge in [-0.15, -0.1) is 0 Å². The number of hydrogen-bond acceptors (Lipinski definition) is 4. The zero-order chi connectivity index (χ0) is 21.9. The first-order valence-electron chi connectivity index (χ1n) is 10.5. The Labute approximate surface area is 180 Å². The van der Waals surface area contributed by atoms with Gasteiger partial charge in [0.25, 0.3) is 0 Å². The molecule has 0 bridgehead atoms. The molecule has 30 heavy (non-hydrogen) atoms. The molecule has 0 unspecified atom stereocenters. The Morgan fingerprint density at radius 3 is 2.20 bits per heavy atom. The molecule has 0 saturated carbocycles. The number of amides is 1. The molecule has 1 amide bonds. The van der Waals surface area contributed by atoms with E-state index >= 15 is 0 Å². The number of nitrogens with zero attached hydrogens (tertiary/aromatic N) is 3. The Bertz CT molecular complexity index is 949. The molecule has 2 aromatic rings. The molecule has 0 N–H and O–H groups in total. The van der Waals surface area contributed by atoms with Gasteiger partial charge >= 0.3 is 0 Å². The number of benzene rings is 1. The predicted molar refractivity (Wildman–Crippen MR) is 119 cm³/mol. The third-order valence-corrected chi connectivity index (χ3v) is 7.58. The minimum atomic E-state index is -3.54. The van der Waals surface area contributed by atoms with Crippen LogP contribution in [0.2, 0.25) is 0 Å². The molecule has 1 fully saturated rings. The van der Waals surface area contributed by atoms with Crippen molar-refractivity contribution < 1.29 is 13.2 Å². The van der Waals surface area contributed by atoms with Crippen LogP contribution >= 0.6 is 0 Å². The highest BCUT2D eigenvalue weighted by Gasteiger charge is 2.35. The second-order valence-electron chi connectivity index (χ2n) is 8.42. The number of anilines is 1. The molecule has 162 valence electrons. The summed E-state index contributed by atoms with van der Waals surface area (Å²) in [6.45, 7) is 8.82. The Morgan fingerprint density at radius 1 is 1.07 bits per heavy atom. The highest BCUT2D eigenvalue weighted by Crippen LogP contribution is 2.28. The maximum atomic E-state index is 13.2. The number of hydrogen-bond donors (Lipinski definition) is 0. The molecule has 1 aromatic heterocycles. The summed E-state index contributed by atoms with van der Waals surface area (Å²) in [7, 11) is -3.54. The minimum Gasteiger partial charge on any atom is -0.308 e. The predicted octanol–water partition coefficient (Wildman–Crippen LogP) is 4.05. The number of piperidine rings is 1. The van der Waals surface area contributed by atoms with Crippen molar-refractivity contribution in [3.8, 4) is 0 Å². The average Bonchev–Trinajstić information content (AvgIpc) is 2.74. The van der Waals surface area contributed by atoms with E-state index in [1.165, 1.54) is 4.31 Å². The SMILES string of the molecule is CC(C)c1ccc(S(=O)(=O)N2CCC(C(=O)N(c3cccnc3)C(C)C)CC2)cc1. The maximum Gasteiger partial charge on any atom is 0.243 e. The van der Waals surface area contributed by atoms with Crippen LogP contribution in [-0.2, 0) is 14.8 Å². The van der Waals surface area contributed by atoms with Gasteiger partial charge in [0, 0.05) is 31.2 Å². The summed E-state index contributed by atoms with van der Waals surface area (Å²) in [6.07, 6.45) is 4.42. The third kappa shape index (κ3) is 4.73. The van der Waals surface area contributed by atoms with Crippen LogP contribution in [0.15, 0.2) is 53.7 Å². The molecule has 0 spiro atoms. The first kappa shape index (κ1) is 22.4. The minimum absolute atomic E-state index is 0.00272. The average molecular weight is 430 g/mol. The van der Waals surface area contributed by atoms with Gasteiger partial charge < -0.3 is 4.90 Å². The fourth-order valence-electron chi connectivity index (χ4n) is 3.89. The van der Waals surface area contributed by atoms with E-state index in [1.807, 2.05) is 38.1 Å². The number of rotatable bonds is 6. The Balaban J connectivity index is 1.69. The van der Waals surface area contributed by atoms with Crippen molar-refractivity contribution >= 4 is 21.6 Å². The number of sulfonamides is 1. The molecular weight excluding hydrogens is 398 g/mol. The van der Waals surface area contributed by atoms with Gasteiger partial charge in [-0.3, -0.25) is 9.78 Å². The summed E-state index contributed by atoms with van der Waals surface area (Å²) in [4.78, 5) is 19.4. The van der Waals surface area contributed by atoms with Crippen molar-refractivity contribution in [2.75, 3.05) is 18.0 Å². The topological polar surface area (TPSA) is 70.6 Å². The highest BCUT2D eigenvalue weighted by molar-refractivity contribution is 7.89. The van der Waals surface area contributed by atoms with Crippen molar-refractivity contribution in [1.82, 2.24) is 9.29 Å². The van der Waals surface area contributed by atoms with Crippen molar-refractivity contribution in [1.29, 1.82) is 0 Å². The van der Waals surface area contributed by atoms with Crippen molar-refractivity contribution in [2.45, 2.75) is 57.4 Å². The quantitative estimate of drug-likeness (QED) is 0.695. The van der Waals surface area contributed by atoms with E-state index in [4.69, 9.17) is 0 Å². The second-order valence-corrected chi connectivity index (χ2v) is 10.4. The van der Waals surface area contributed by atoms with Gasteiger partial charge in [0.2, 0.25) is 15.9 Å². The van der Waals surface area contributed by atoms with Crippen molar-refractivity contribution in [3.63, 3.8) is 0 Å². The smallest absolute Gasteiger partial charge is 0.243 e. The van der Waals surface area contributed by atoms with Crippen molar-refractivity contribution in [3.05, 3.63) is 54.4 Å². The van der Waals surface area contributed by atoms with E-state index < -0.39 is 10.0 Å². The van der Waals surface area contributed by atoms with Crippen LogP contribution in [0.1, 0.15) is 52.0 Å². The Kier molecular flexibility index (Phi) is 6.93. The molecule has 0 aliphatic carbocycles.